The number of allylic oxidation sites excluding steroid dienone is 1. The van der Waals surface area contributed by atoms with Crippen LogP contribution in [0, 0.1) is 0 Å². The fourth-order valence-corrected chi connectivity index (χ4v) is 1.72. The number of benzene rings is 1. The Labute approximate surface area is 107 Å². The van der Waals surface area contributed by atoms with Gasteiger partial charge in [-0.15, -0.1) is 0 Å². The van der Waals surface area contributed by atoms with Gasteiger partial charge in [0.05, 0.1) is 10.0 Å². The zero-order valence-electron chi connectivity index (χ0n) is 8.71. The van der Waals surface area contributed by atoms with E-state index in [4.69, 9.17) is 27.9 Å². The number of ether oxygens (including phenoxy) is 1. The van der Waals surface area contributed by atoms with Crippen molar-refractivity contribution in [1.82, 2.24) is 5.32 Å². The molecule has 2 rings (SSSR count). The molecule has 0 aliphatic carbocycles. The summed E-state index contributed by atoms with van der Waals surface area (Å²) in [4.78, 5) is 22.3. The highest BCUT2D eigenvalue weighted by Crippen LogP contribution is 2.28. The van der Waals surface area contributed by atoms with Crippen LogP contribution in [0.5, 0.6) is 0 Å². The summed E-state index contributed by atoms with van der Waals surface area (Å²) in [5.41, 5.74) is 1.19. The molecule has 1 N–H and O–H groups in total. The Bertz CT molecular complexity index is 552. The predicted octanol–water partition coefficient (Wildman–Crippen LogP) is 2.99. The number of carbonyl (C=O) groups excluding carboxylic acids is 2. The van der Waals surface area contributed by atoms with Gasteiger partial charge in [0.25, 0.3) is 5.91 Å². The molecule has 1 aromatic carbocycles. The van der Waals surface area contributed by atoms with E-state index in [0.29, 0.717) is 21.2 Å². The first-order chi connectivity index (χ1) is 7.99. The lowest BCUT2D eigenvalue weighted by atomic mass is 10.1. The van der Waals surface area contributed by atoms with E-state index in [1.54, 1.807) is 25.1 Å². The second-order valence-electron chi connectivity index (χ2n) is 3.43. The van der Waals surface area contributed by atoms with Crippen LogP contribution in [0.3, 0.4) is 0 Å². The van der Waals surface area contributed by atoms with Crippen LogP contribution in [0.15, 0.2) is 24.0 Å². The standard InChI is InChI=1S/C11H7Cl2NO3/c1-5(9-10(15)14-11(16)17-9)6-2-3-7(12)8(13)4-6/h2-4H,1H3,(H,14,15,16)/b9-5+. The molecule has 0 radical (unpaired) electrons. The molecule has 0 unspecified atom stereocenters. The largest absolute Gasteiger partial charge is 0.419 e. The van der Waals surface area contributed by atoms with Crippen LogP contribution in [0.4, 0.5) is 4.79 Å². The van der Waals surface area contributed by atoms with Gasteiger partial charge < -0.3 is 4.74 Å². The number of alkyl carbamates (subject to hydrolysis) is 1. The lowest BCUT2D eigenvalue weighted by Gasteiger charge is -2.05. The predicted molar refractivity (Wildman–Crippen MR) is 63.7 cm³/mol. The number of cyclic esters (lactones) is 1. The summed E-state index contributed by atoms with van der Waals surface area (Å²) in [6.45, 7) is 1.66. The molecule has 0 aromatic heterocycles. The minimum Gasteiger partial charge on any atom is -0.404 e. The molecule has 88 valence electrons. The highest BCUT2D eigenvalue weighted by molar-refractivity contribution is 6.42. The van der Waals surface area contributed by atoms with E-state index in [2.05, 4.69) is 0 Å². The van der Waals surface area contributed by atoms with Crippen LogP contribution in [-0.4, -0.2) is 12.0 Å². The van der Waals surface area contributed by atoms with Crippen molar-refractivity contribution in [2.24, 2.45) is 0 Å². The van der Waals surface area contributed by atoms with E-state index in [1.807, 2.05) is 5.32 Å². The topological polar surface area (TPSA) is 55.4 Å². The second kappa shape index (κ2) is 4.39. The van der Waals surface area contributed by atoms with Gasteiger partial charge in [0.15, 0.2) is 0 Å². The molecular weight excluding hydrogens is 265 g/mol. The molecule has 2 amide bonds. The Morgan fingerprint density at radius 3 is 2.47 bits per heavy atom. The van der Waals surface area contributed by atoms with Gasteiger partial charge in [-0.1, -0.05) is 29.3 Å². The average Bonchev–Trinajstić information content (AvgIpc) is 2.61. The van der Waals surface area contributed by atoms with Crippen molar-refractivity contribution in [3.63, 3.8) is 0 Å². The molecule has 1 fully saturated rings. The molecule has 1 aliphatic rings. The monoisotopic (exact) mass is 271 g/mol. The van der Waals surface area contributed by atoms with Crippen LogP contribution in [0.1, 0.15) is 12.5 Å². The van der Waals surface area contributed by atoms with E-state index in [9.17, 15) is 9.59 Å². The minimum absolute atomic E-state index is 0.0200. The summed E-state index contributed by atoms with van der Waals surface area (Å²) >= 11 is 11.7. The van der Waals surface area contributed by atoms with E-state index in [0.717, 1.165) is 0 Å². The Kier molecular flexibility index (Phi) is 3.09. The average molecular weight is 272 g/mol. The third kappa shape index (κ3) is 2.28. The number of nitrogens with one attached hydrogen (secondary N) is 1. The molecule has 6 heteroatoms. The Balaban J connectivity index is 2.46. The van der Waals surface area contributed by atoms with E-state index in [1.165, 1.54) is 0 Å². The van der Waals surface area contributed by atoms with E-state index < -0.39 is 12.0 Å². The van der Waals surface area contributed by atoms with Gasteiger partial charge >= 0.3 is 6.09 Å². The number of carbonyl (C=O) groups is 2. The maximum Gasteiger partial charge on any atom is 0.419 e. The van der Waals surface area contributed by atoms with Gasteiger partial charge in [-0.05, 0) is 24.6 Å². The van der Waals surface area contributed by atoms with Crippen LogP contribution >= 0.6 is 23.2 Å². The van der Waals surface area contributed by atoms with Crippen molar-refractivity contribution in [2.75, 3.05) is 0 Å². The van der Waals surface area contributed by atoms with Crippen molar-refractivity contribution in [3.05, 3.63) is 39.6 Å². The van der Waals surface area contributed by atoms with E-state index >= 15 is 0 Å². The molecular formula is C11H7Cl2NO3. The van der Waals surface area contributed by atoms with Crippen LogP contribution < -0.4 is 5.32 Å². The number of halogens is 2. The lowest BCUT2D eigenvalue weighted by Crippen LogP contribution is -2.18. The molecule has 0 atom stereocenters. The van der Waals surface area contributed by atoms with Crippen molar-refractivity contribution >= 4 is 40.8 Å². The molecule has 17 heavy (non-hydrogen) atoms. The Morgan fingerprint density at radius 2 is 1.94 bits per heavy atom. The molecule has 1 aromatic rings. The molecule has 0 saturated carbocycles. The van der Waals surface area contributed by atoms with Crippen molar-refractivity contribution in [2.45, 2.75) is 6.92 Å². The number of amides is 2. The molecule has 4 nitrogen and oxygen atoms in total. The van der Waals surface area contributed by atoms with Gasteiger partial charge in [-0.3, -0.25) is 10.1 Å². The van der Waals surface area contributed by atoms with Gasteiger partial charge in [0, 0.05) is 5.57 Å². The summed E-state index contributed by atoms with van der Waals surface area (Å²) in [6, 6.07) is 4.90. The van der Waals surface area contributed by atoms with Crippen molar-refractivity contribution in [3.8, 4) is 0 Å². The number of imide groups is 1. The maximum atomic E-state index is 11.4. The first-order valence-electron chi connectivity index (χ1n) is 4.68. The van der Waals surface area contributed by atoms with Crippen LogP contribution in [-0.2, 0) is 9.53 Å². The molecule has 1 heterocycles. The smallest absolute Gasteiger partial charge is 0.404 e. The fraction of sp³-hybridized carbons (Fsp3) is 0.0909. The first kappa shape index (κ1) is 12.0. The van der Waals surface area contributed by atoms with Gasteiger partial charge in [0.2, 0.25) is 5.76 Å². The van der Waals surface area contributed by atoms with Crippen LogP contribution in [0.25, 0.3) is 5.57 Å². The first-order valence-corrected chi connectivity index (χ1v) is 5.44. The zero-order chi connectivity index (χ0) is 12.6. The quantitative estimate of drug-likeness (QED) is 0.799. The van der Waals surface area contributed by atoms with Crippen molar-refractivity contribution in [1.29, 1.82) is 0 Å². The maximum absolute atomic E-state index is 11.4. The summed E-state index contributed by atoms with van der Waals surface area (Å²) in [5, 5.41) is 2.81. The normalized spacial score (nSPS) is 17.8. The summed E-state index contributed by atoms with van der Waals surface area (Å²) < 4.78 is 4.76. The molecule has 1 saturated heterocycles. The number of hydrogen-bond donors (Lipinski definition) is 1. The molecule has 1 aliphatic heterocycles. The summed E-state index contributed by atoms with van der Waals surface area (Å²) in [7, 11) is 0. The van der Waals surface area contributed by atoms with Crippen LogP contribution in [0.2, 0.25) is 10.0 Å². The number of hydrogen-bond acceptors (Lipinski definition) is 3. The van der Waals surface area contributed by atoms with Gasteiger partial charge in [0.1, 0.15) is 0 Å². The van der Waals surface area contributed by atoms with Gasteiger partial charge in [-0.25, -0.2) is 4.79 Å². The molecule has 0 bridgehead atoms. The lowest BCUT2D eigenvalue weighted by molar-refractivity contribution is -0.116. The SMILES string of the molecule is C/C(=C1\OC(=O)NC1=O)c1ccc(Cl)c(Cl)c1. The summed E-state index contributed by atoms with van der Waals surface area (Å²) in [6.07, 6.45) is -0.774. The molecule has 0 spiro atoms. The minimum atomic E-state index is -0.774. The number of rotatable bonds is 1. The third-order valence-corrected chi connectivity index (χ3v) is 3.05. The van der Waals surface area contributed by atoms with E-state index in [-0.39, 0.29) is 5.76 Å². The second-order valence-corrected chi connectivity index (χ2v) is 4.24. The Hall–Kier alpha value is -1.52. The Morgan fingerprint density at radius 1 is 1.24 bits per heavy atom. The van der Waals surface area contributed by atoms with Gasteiger partial charge in [-0.2, -0.15) is 0 Å². The highest BCUT2D eigenvalue weighted by atomic mass is 35.5. The summed E-state index contributed by atoms with van der Waals surface area (Å²) in [5.74, 6) is -0.577. The zero-order valence-corrected chi connectivity index (χ0v) is 10.2. The third-order valence-electron chi connectivity index (χ3n) is 2.31. The van der Waals surface area contributed by atoms with Crippen molar-refractivity contribution < 1.29 is 14.3 Å². The fourth-order valence-electron chi connectivity index (χ4n) is 1.42. The highest BCUT2D eigenvalue weighted by Gasteiger charge is 2.28.